The minimum absolute atomic E-state index is 0.0716. The van der Waals surface area contributed by atoms with E-state index in [2.05, 4.69) is 10.4 Å². The molecule has 0 saturated carbocycles. The molecule has 19 heavy (non-hydrogen) atoms. The van der Waals surface area contributed by atoms with Crippen LogP contribution >= 0.6 is 0 Å². The van der Waals surface area contributed by atoms with Gasteiger partial charge < -0.3 is 10.1 Å². The molecule has 6 heteroatoms. The number of hydrogen-bond acceptors (Lipinski definition) is 4. The maximum Gasteiger partial charge on any atom is 0.262 e. The third-order valence-electron chi connectivity index (χ3n) is 2.92. The molecule has 1 N–H and O–H groups in total. The Morgan fingerprint density at radius 3 is 3.21 bits per heavy atom. The number of nitrogens with zero attached hydrogens (tertiary/aromatic N) is 3. The van der Waals surface area contributed by atoms with Crippen LogP contribution in [-0.4, -0.2) is 34.9 Å². The number of rotatable bonds is 4. The molecule has 0 aromatic carbocycles. The molecule has 1 amide bonds. The largest absolute Gasteiger partial charge is 0.376 e. The van der Waals surface area contributed by atoms with E-state index in [0.717, 1.165) is 25.0 Å². The maximum absolute atomic E-state index is 11.9. The molecule has 0 radical (unpaired) electrons. The van der Waals surface area contributed by atoms with E-state index in [1.54, 1.807) is 24.1 Å². The van der Waals surface area contributed by atoms with Crippen LogP contribution in [0.3, 0.4) is 0 Å². The van der Waals surface area contributed by atoms with Crippen LogP contribution in [0.4, 0.5) is 0 Å². The Bertz CT molecular complexity index is 521. The summed E-state index contributed by atoms with van der Waals surface area (Å²) in [6.45, 7) is 1.20. The normalized spacial score (nSPS) is 19.2. The molecular weight excluding hydrogens is 244 g/mol. The number of carbonyl (C=O) groups excluding carboxylic acids is 1. The Kier molecular flexibility index (Phi) is 4.31. The van der Waals surface area contributed by atoms with E-state index in [4.69, 9.17) is 10.00 Å². The lowest BCUT2D eigenvalue weighted by Crippen LogP contribution is -2.32. The topological polar surface area (TPSA) is 79.9 Å². The zero-order valence-corrected chi connectivity index (χ0v) is 10.8. The van der Waals surface area contributed by atoms with Gasteiger partial charge in [-0.15, -0.1) is 0 Å². The van der Waals surface area contributed by atoms with Gasteiger partial charge >= 0.3 is 0 Å². The van der Waals surface area contributed by atoms with Gasteiger partial charge in [-0.05, 0) is 18.9 Å². The standard InChI is InChI=1S/C13H16N4O2/c1-17-9-10(7-16-17)5-11(6-14)13(18)15-8-12-3-2-4-19-12/h5,7,9,12H,2-4,8H2,1H3,(H,15,18)/b11-5+/t12-/m1/s1. The molecule has 0 aliphatic carbocycles. The Balaban J connectivity index is 1.95. The van der Waals surface area contributed by atoms with E-state index < -0.39 is 0 Å². The summed E-state index contributed by atoms with van der Waals surface area (Å²) in [7, 11) is 1.78. The van der Waals surface area contributed by atoms with Gasteiger partial charge in [0.1, 0.15) is 11.6 Å². The van der Waals surface area contributed by atoms with Gasteiger partial charge in [-0.2, -0.15) is 10.4 Å². The molecule has 2 rings (SSSR count). The summed E-state index contributed by atoms with van der Waals surface area (Å²) in [5.41, 5.74) is 0.803. The number of carbonyl (C=O) groups is 1. The van der Waals surface area contributed by atoms with Crippen molar-refractivity contribution in [3.8, 4) is 6.07 Å². The van der Waals surface area contributed by atoms with Gasteiger partial charge in [0, 0.05) is 32.0 Å². The van der Waals surface area contributed by atoms with Crippen molar-refractivity contribution < 1.29 is 9.53 Å². The molecular formula is C13H16N4O2. The van der Waals surface area contributed by atoms with Gasteiger partial charge in [0.15, 0.2) is 0 Å². The molecule has 0 bridgehead atoms. The average molecular weight is 260 g/mol. The third kappa shape index (κ3) is 3.66. The second-order valence-electron chi connectivity index (χ2n) is 4.46. The molecule has 0 spiro atoms. The zero-order valence-electron chi connectivity index (χ0n) is 10.8. The van der Waals surface area contributed by atoms with E-state index >= 15 is 0 Å². The van der Waals surface area contributed by atoms with Crippen LogP contribution in [0.25, 0.3) is 6.08 Å². The summed E-state index contributed by atoms with van der Waals surface area (Å²) in [6.07, 6.45) is 6.92. The predicted octanol–water partition coefficient (Wildman–Crippen LogP) is 0.622. The van der Waals surface area contributed by atoms with E-state index in [0.29, 0.717) is 6.54 Å². The van der Waals surface area contributed by atoms with Crippen molar-refractivity contribution in [2.45, 2.75) is 18.9 Å². The Hall–Kier alpha value is -2.13. The number of aryl methyl sites for hydroxylation is 1. The molecule has 6 nitrogen and oxygen atoms in total. The Labute approximate surface area is 111 Å². The maximum atomic E-state index is 11.9. The highest BCUT2D eigenvalue weighted by atomic mass is 16.5. The van der Waals surface area contributed by atoms with Crippen molar-refractivity contribution in [1.29, 1.82) is 5.26 Å². The highest BCUT2D eigenvalue weighted by Gasteiger charge is 2.17. The summed E-state index contributed by atoms with van der Waals surface area (Å²) in [5, 5.41) is 15.7. The van der Waals surface area contributed by atoms with Crippen LogP contribution in [0.15, 0.2) is 18.0 Å². The highest BCUT2D eigenvalue weighted by Crippen LogP contribution is 2.11. The minimum Gasteiger partial charge on any atom is -0.376 e. The molecule has 2 heterocycles. The lowest BCUT2D eigenvalue weighted by atomic mass is 10.2. The van der Waals surface area contributed by atoms with Crippen LogP contribution in [0.2, 0.25) is 0 Å². The number of nitrogens with one attached hydrogen (secondary N) is 1. The van der Waals surface area contributed by atoms with E-state index in [9.17, 15) is 4.79 Å². The number of amides is 1. The first-order chi connectivity index (χ1) is 9.19. The first-order valence-electron chi connectivity index (χ1n) is 6.19. The van der Waals surface area contributed by atoms with Crippen molar-refractivity contribution in [2.24, 2.45) is 7.05 Å². The van der Waals surface area contributed by atoms with Crippen LogP contribution in [0.5, 0.6) is 0 Å². The molecule has 0 unspecified atom stereocenters. The second-order valence-corrected chi connectivity index (χ2v) is 4.46. The van der Waals surface area contributed by atoms with Crippen LogP contribution < -0.4 is 5.32 Å². The minimum atomic E-state index is -0.373. The number of hydrogen-bond donors (Lipinski definition) is 1. The number of ether oxygens (including phenoxy) is 1. The zero-order chi connectivity index (χ0) is 13.7. The summed E-state index contributed by atoms with van der Waals surface area (Å²) < 4.78 is 7.02. The molecule has 1 aliphatic heterocycles. The van der Waals surface area contributed by atoms with E-state index in [-0.39, 0.29) is 17.6 Å². The van der Waals surface area contributed by atoms with Crippen molar-refractivity contribution in [2.75, 3.05) is 13.2 Å². The summed E-state index contributed by atoms with van der Waals surface area (Å²) in [5.74, 6) is -0.373. The van der Waals surface area contributed by atoms with E-state index in [1.807, 2.05) is 6.07 Å². The van der Waals surface area contributed by atoms with Crippen molar-refractivity contribution in [3.63, 3.8) is 0 Å². The van der Waals surface area contributed by atoms with Gasteiger partial charge in [0.25, 0.3) is 5.91 Å². The monoisotopic (exact) mass is 260 g/mol. The lowest BCUT2D eigenvalue weighted by molar-refractivity contribution is -0.117. The first kappa shape index (κ1) is 13.3. The highest BCUT2D eigenvalue weighted by molar-refractivity contribution is 6.01. The molecule has 1 saturated heterocycles. The molecule has 1 fully saturated rings. The van der Waals surface area contributed by atoms with Gasteiger partial charge in [0.05, 0.1) is 12.3 Å². The molecule has 1 atom stereocenters. The first-order valence-corrected chi connectivity index (χ1v) is 6.19. The van der Waals surface area contributed by atoms with Crippen molar-refractivity contribution in [3.05, 3.63) is 23.5 Å². The third-order valence-corrected chi connectivity index (χ3v) is 2.92. The molecule has 100 valence electrons. The van der Waals surface area contributed by atoms with Crippen LogP contribution in [-0.2, 0) is 16.6 Å². The average Bonchev–Trinajstić information content (AvgIpc) is 3.04. The van der Waals surface area contributed by atoms with E-state index in [1.165, 1.54) is 6.08 Å². The number of aromatic nitrogens is 2. The number of nitriles is 1. The fraction of sp³-hybridized carbons (Fsp3) is 0.462. The Morgan fingerprint density at radius 2 is 2.63 bits per heavy atom. The Morgan fingerprint density at radius 1 is 1.79 bits per heavy atom. The van der Waals surface area contributed by atoms with Gasteiger partial charge in [-0.1, -0.05) is 0 Å². The smallest absolute Gasteiger partial charge is 0.262 e. The molecule has 1 aromatic rings. The lowest BCUT2D eigenvalue weighted by Gasteiger charge is -2.09. The van der Waals surface area contributed by atoms with Gasteiger partial charge in [-0.3, -0.25) is 9.48 Å². The quantitative estimate of drug-likeness (QED) is 0.636. The van der Waals surface area contributed by atoms with Crippen molar-refractivity contribution >= 4 is 12.0 Å². The predicted molar refractivity (Wildman–Crippen MR) is 68.8 cm³/mol. The second kappa shape index (κ2) is 6.16. The van der Waals surface area contributed by atoms with Gasteiger partial charge in [0.2, 0.25) is 0 Å². The molecule has 1 aliphatic rings. The fourth-order valence-corrected chi connectivity index (χ4v) is 1.94. The summed E-state index contributed by atoms with van der Waals surface area (Å²) in [6, 6.07) is 1.91. The molecule has 1 aromatic heterocycles. The summed E-state index contributed by atoms with van der Waals surface area (Å²) in [4.78, 5) is 11.9. The van der Waals surface area contributed by atoms with Crippen molar-refractivity contribution in [1.82, 2.24) is 15.1 Å². The van der Waals surface area contributed by atoms with Crippen LogP contribution in [0, 0.1) is 11.3 Å². The SMILES string of the molecule is Cn1cc(/C=C(\C#N)C(=O)NC[C@H]2CCCO2)cn1. The van der Waals surface area contributed by atoms with Gasteiger partial charge in [-0.25, -0.2) is 0 Å². The summed E-state index contributed by atoms with van der Waals surface area (Å²) >= 11 is 0. The fourth-order valence-electron chi connectivity index (χ4n) is 1.94. The van der Waals surface area contributed by atoms with Crippen LogP contribution in [0.1, 0.15) is 18.4 Å².